The van der Waals surface area contributed by atoms with Crippen LogP contribution in [0.1, 0.15) is 40.1 Å². The van der Waals surface area contributed by atoms with Crippen LogP contribution in [0.5, 0.6) is 5.75 Å². The molecule has 0 spiro atoms. The summed E-state index contributed by atoms with van der Waals surface area (Å²) >= 11 is 0. The highest BCUT2D eigenvalue weighted by atomic mass is 32.2. The van der Waals surface area contributed by atoms with Crippen molar-refractivity contribution < 1.29 is 22.7 Å². The van der Waals surface area contributed by atoms with E-state index in [0.29, 0.717) is 56.1 Å². The molecule has 1 saturated heterocycles. The van der Waals surface area contributed by atoms with E-state index in [1.165, 1.54) is 10.4 Å². The molecule has 0 aliphatic carbocycles. The highest BCUT2D eigenvalue weighted by Gasteiger charge is 2.28. The number of piperazine rings is 1. The molecule has 1 fully saturated rings. The molecule has 0 N–H and O–H groups in total. The van der Waals surface area contributed by atoms with E-state index in [-0.39, 0.29) is 16.7 Å². The average Bonchev–Trinajstić information content (AvgIpc) is 2.84. The topological polar surface area (TPSA) is 87.2 Å². The summed E-state index contributed by atoms with van der Waals surface area (Å²) in [5, 5.41) is 0. The van der Waals surface area contributed by atoms with Crippen molar-refractivity contribution in [2.45, 2.75) is 25.7 Å². The standard InChI is InChI=1S/C24H31N3O5S/c1-5-27(6-2)33(30,31)21-12-7-18(3)22(17-21)24(29)26-15-13-25(14-16-26)23(28)19-8-10-20(32-4)11-9-19/h7-12,17H,5-6,13-16H2,1-4H3. The van der Waals surface area contributed by atoms with Crippen LogP contribution in [0.4, 0.5) is 0 Å². The number of carbonyl (C=O) groups is 2. The van der Waals surface area contributed by atoms with Crippen molar-refractivity contribution >= 4 is 21.8 Å². The Labute approximate surface area is 195 Å². The highest BCUT2D eigenvalue weighted by Crippen LogP contribution is 2.22. The van der Waals surface area contributed by atoms with Gasteiger partial charge in [0.1, 0.15) is 5.75 Å². The summed E-state index contributed by atoms with van der Waals surface area (Å²) in [5.41, 5.74) is 1.66. The summed E-state index contributed by atoms with van der Waals surface area (Å²) in [6.07, 6.45) is 0. The van der Waals surface area contributed by atoms with Crippen molar-refractivity contribution in [1.29, 1.82) is 0 Å². The molecule has 0 aromatic heterocycles. The van der Waals surface area contributed by atoms with Crippen LogP contribution in [0, 0.1) is 6.92 Å². The molecule has 1 aliphatic heterocycles. The molecule has 2 amide bonds. The number of benzene rings is 2. The molecule has 2 aromatic carbocycles. The summed E-state index contributed by atoms with van der Waals surface area (Å²) in [7, 11) is -2.09. The molecule has 2 aromatic rings. The van der Waals surface area contributed by atoms with Gasteiger partial charge in [0.05, 0.1) is 12.0 Å². The smallest absolute Gasteiger partial charge is 0.254 e. The Morgan fingerprint density at radius 2 is 1.45 bits per heavy atom. The molecule has 0 unspecified atom stereocenters. The first-order valence-corrected chi connectivity index (χ1v) is 12.5. The van der Waals surface area contributed by atoms with Crippen LogP contribution in [0.15, 0.2) is 47.4 Å². The molecule has 3 rings (SSSR count). The number of rotatable bonds is 7. The van der Waals surface area contributed by atoms with Crippen molar-refractivity contribution in [1.82, 2.24) is 14.1 Å². The van der Waals surface area contributed by atoms with Crippen LogP contribution in [0.2, 0.25) is 0 Å². The van der Waals surface area contributed by atoms with Gasteiger partial charge >= 0.3 is 0 Å². The normalized spacial score (nSPS) is 14.5. The minimum Gasteiger partial charge on any atom is -0.497 e. The second kappa shape index (κ2) is 10.4. The number of hydrogen-bond acceptors (Lipinski definition) is 5. The summed E-state index contributed by atoms with van der Waals surface area (Å²) < 4.78 is 32.3. The van der Waals surface area contributed by atoms with Gasteiger partial charge in [0.2, 0.25) is 10.0 Å². The van der Waals surface area contributed by atoms with Crippen molar-refractivity contribution in [3.05, 3.63) is 59.2 Å². The predicted octanol–water partition coefficient (Wildman–Crippen LogP) is 2.63. The Kier molecular flexibility index (Phi) is 7.76. The Hall–Kier alpha value is -2.91. The number of methoxy groups -OCH3 is 1. The van der Waals surface area contributed by atoms with Crippen LogP contribution < -0.4 is 4.74 Å². The maximum absolute atomic E-state index is 13.2. The quantitative estimate of drug-likeness (QED) is 0.617. The maximum Gasteiger partial charge on any atom is 0.254 e. The van der Waals surface area contributed by atoms with Crippen LogP contribution >= 0.6 is 0 Å². The molecule has 0 radical (unpaired) electrons. The molecule has 1 aliphatic rings. The van der Waals surface area contributed by atoms with Gasteiger partial charge in [-0.05, 0) is 48.9 Å². The number of amides is 2. The molecular formula is C24H31N3O5S. The largest absolute Gasteiger partial charge is 0.497 e. The van der Waals surface area contributed by atoms with Gasteiger partial charge in [-0.15, -0.1) is 0 Å². The van der Waals surface area contributed by atoms with E-state index in [1.54, 1.807) is 74.1 Å². The molecular weight excluding hydrogens is 442 g/mol. The monoisotopic (exact) mass is 473 g/mol. The summed E-state index contributed by atoms with van der Waals surface area (Å²) in [6.45, 7) is 7.67. The van der Waals surface area contributed by atoms with Crippen molar-refractivity contribution in [2.75, 3.05) is 46.4 Å². The first-order valence-electron chi connectivity index (χ1n) is 11.1. The fourth-order valence-electron chi connectivity index (χ4n) is 3.90. The maximum atomic E-state index is 13.2. The molecule has 33 heavy (non-hydrogen) atoms. The third-order valence-electron chi connectivity index (χ3n) is 5.97. The van der Waals surface area contributed by atoms with Gasteiger partial charge in [-0.2, -0.15) is 4.31 Å². The van der Waals surface area contributed by atoms with Gasteiger partial charge in [0.25, 0.3) is 11.8 Å². The second-order valence-electron chi connectivity index (χ2n) is 7.88. The zero-order valence-corrected chi connectivity index (χ0v) is 20.4. The van der Waals surface area contributed by atoms with Crippen molar-refractivity contribution in [3.63, 3.8) is 0 Å². The molecule has 8 nitrogen and oxygen atoms in total. The highest BCUT2D eigenvalue weighted by molar-refractivity contribution is 7.89. The van der Waals surface area contributed by atoms with Crippen LogP contribution in [-0.4, -0.2) is 80.7 Å². The number of sulfonamides is 1. The first-order chi connectivity index (χ1) is 15.7. The van der Waals surface area contributed by atoms with Crippen LogP contribution in [0.3, 0.4) is 0 Å². The lowest BCUT2D eigenvalue weighted by Gasteiger charge is -2.35. The summed E-state index contributed by atoms with van der Waals surface area (Å²) in [6, 6.07) is 11.6. The van der Waals surface area contributed by atoms with E-state index in [0.717, 1.165) is 5.56 Å². The lowest BCUT2D eigenvalue weighted by molar-refractivity contribution is 0.0535. The number of carbonyl (C=O) groups excluding carboxylic acids is 2. The Morgan fingerprint density at radius 1 is 0.909 bits per heavy atom. The number of hydrogen-bond donors (Lipinski definition) is 0. The zero-order valence-electron chi connectivity index (χ0n) is 19.6. The van der Waals surface area contributed by atoms with Crippen molar-refractivity contribution in [3.8, 4) is 5.75 Å². The van der Waals surface area contributed by atoms with E-state index in [9.17, 15) is 18.0 Å². The fraction of sp³-hybridized carbons (Fsp3) is 0.417. The van der Waals surface area contributed by atoms with Gasteiger partial charge in [0, 0.05) is 50.4 Å². The Balaban J connectivity index is 1.72. The summed E-state index contributed by atoms with van der Waals surface area (Å²) in [5.74, 6) is 0.372. The van der Waals surface area contributed by atoms with Crippen LogP contribution in [-0.2, 0) is 10.0 Å². The number of aryl methyl sites for hydroxylation is 1. The predicted molar refractivity (Wildman–Crippen MR) is 126 cm³/mol. The second-order valence-corrected chi connectivity index (χ2v) is 9.82. The van der Waals surface area contributed by atoms with Gasteiger partial charge in [-0.25, -0.2) is 8.42 Å². The van der Waals surface area contributed by atoms with Gasteiger partial charge in [-0.1, -0.05) is 19.9 Å². The van der Waals surface area contributed by atoms with E-state index >= 15 is 0 Å². The van der Waals surface area contributed by atoms with Gasteiger partial charge in [0.15, 0.2) is 0 Å². The SMILES string of the molecule is CCN(CC)S(=O)(=O)c1ccc(C)c(C(=O)N2CCN(C(=O)c3ccc(OC)cc3)CC2)c1. The lowest BCUT2D eigenvalue weighted by Crippen LogP contribution is -2.50. The van der Waals surface area contributed by atoms with E-state index in [4.69, 9.17) is 4.74 Å². The van der Waals surface area contributed by atoms with Crippen LogP contribution in [0.25, 0.3) is 0 Å². The molecule has 0 atom stereocenters. The molecule has 1 heterocycles. The molecule has 178 valence electrons. The Bertz CT molecular complexity index is 1100. The minimum absolute atomic E-state index is 0.0896. The average molecular weight is 474 g/mol. The zero-order chi connectivity index (χ0) is 24.2. The van der Waals surface area contributed by atoms with E-state index in [2.05, 4.69) is 0 Å². The minimum atomic E-state index is -3.66. The fourth-order valence-corrected chi connectivity index (χ4v) is 5.39. The van der Waals surface area contributed by atoms with Gasteiger partial charge in [-0.3, -0.25) is 9.59 Å². The number of nitrogens with zero attached hydrogens (tertiary/aromatic N) is 3. The lowest BCUT2D eigenvalue weighted by atomic mass is 10.1. The molecule has 0 bridgehead atoms. The van der Waals surface area contributed by atoms with Crippen molar-refractivity contribution in [2.24, 2.45) is 0 Å². The summed E-state index contributed by atoms with van der Waals surface area (Å²) in [4.78, 5) is 29.5. The van der Waals surface area contributed by atoms with E-state index in [1.807, 2.05) is 0 Å². The third-order valence-corrected chi connectivity index (χ3v) is 8.02. The molecule has 0 saturated carbocycles. The third kappa shape index (κ3) is 5.20. The first kappa shape index (κ1) is 24.7. The Morgan fingerprint density at radius 3 is 1.97 bits per heavy atom. The van der Waals surface area contributed by atoms with E-state index < -0.39 is 10.0 Å². The number of ether oxygens (including phenoxy) is 1. The molecule has 9 heteroatoms. The van der Waals surface area contributed by atoms with Gasteiger partial charge < -0.3 is 14.5 Å².